The first-order valence-corrected chi connectivity index (χ1v) is 7.33. The molecule has 2 rings (SSSR count). The number of likely N-dealkylation sites (tertiary alicyclic amines) is 1. The molecular formula is C16H23NO4. The molecule has 1 aromatic heterocycles. The lowest BCUT2D eigenvalue weighted by atomic mass is 10.1. The molecule has 1 fully saturated rings. The van der Waals surface area contributed by atoms with Gasteiger partial charge < -0.3 is 18.8 Å². The zero-order valence-corrected chi connectivity index (χ0v) is 12.7. The van der Waals surface area contributed by atoms with E-state index in [0.29, 0.717) is 19.0 Å². The van der Waals surface area contributed by atoms with Gasteiger partial charge in [-0.3, -0.25) is 4.79 Å². The van der Waals surface area contributed by atoms with Crippen molar-refractivity contribution in [1.29, 1.82) is 0 Å². The Labute approximate surface area is 125 Å². The monoisotopic (exact) mass is 293 g/mol. The van der Waals surface area contributed by atoms with Gasteiger partial charge in [0.25, 0.3) is 0 Å². The fourth-order valence-electron chi connectivity index (χ4n) is 2.34. The van der Waals surface area contributed by atoms with Crippen molar-refractivity contribution >= 4 is 12.0 Å². The Hall–Kier alpha value is -1.59. The van der Waals surface area contributed by atoms with Gasteiger partial charge in [0.1, 0.15) is 11.5 Å². The number of furan rings is 1. The summed E-state index contributed by atoms with van der Waals surface area (Å²) in [5.74, 6) is 1.58. The van der Waals surface area contributed by atoms with Crippen LogP contribution in [0.15, 0.2) is 22.6 Å². The number of carbonyl (C=O) groups is 1. The summed E-state index contributed by atoms with van der Waals surface area (Å²) in [7, 11) is 1.66. The molecule has 0 radical (unpaired) electrons. The van der Waals surface area contributed by atoms with Crippen molar-refractivity contribution in [3.63, 3.8) is 0 Å². The van der Waals surface area contributed by atoms with Crippen molar-refractivity contribution < 1.29 is 18.7 Å². The van der Waals surface area contributed by atoms with Crippen LogP contribution >= 0.6 is 0 Å². The van der Waals surface area contributed by atoms with Crippen LogP contribution in [0, 0.1) is 6.92 Å². The van der Waals surface area contributed by atoms with Gasteiger partial charge in [-0.25, -0.2) is 0 Å². The molecule has 0 bridgehead atoms. The van der Waals surface area contributed by atoms with E-state index in [1.165, 1.54) is 0 Å². The number of aryl methyl sites for hydroxylation is 1. The fraction of sp³-hybridized carbons (Fsp3) is 0.562. The van der Waals surface area contributed by atoms with Crippen LogP contribution in [0.4, 0.5) is 0 Å². The van der Waals surface area contributed by atoms with Crippen LogP contribution in [0.1, 0.15) is 24.4 Å². The molecule has 0 spiro atoms. The van der Waals surface area contributed by atoms with E-state index in [4.69, 9.17) is 13.9 Å². The van der Waals surface area contributed by atoms with Gasteiger partial charge in [-0.15, -0.1) is 0 Å². The first-order chi connectivity index (χ1) is 10.2. The van der Waals surface area contributed by atoms with E-state index in [0.717, 1.165) is 31.7 Å². The maximum Gasteiger partial charge on any atom is 0.246 e. The van der Waals surface area contributed by atoms with E-state index >= 15 is 0 Å². The first-order valence-electron chi connectivity index (χ1n) is 7.33. The van der Waals surface area contributed by atoms with Crippen molar-refractivity contribution in [2.45, 2.75) is 25.9 Å². The van der Waals surface area contributed by atoms with Gasteiger partial charge in [-0.2, -0.15) is 0 Å². The third-order valence-corrected chi connectivity index (χ3v) is 3.55. The molecule has 1 aromatic rings. The van der Waals surface area contributed by atoms with Gasteiger partial charge >= 0.3 is 0 Å². The molecule has 0 saturated carbocycles. The Morgan fingerprint density at radius 2 is 2.14 bits per heavy atom. The second kappa shape index (κ2) is 8.00. The molecule has 0 N–H and O–H groups in total. The summed E-state index contributed by atoms with van der Waals surface area (Å²) in [4.78, 5) is 13.9. The average molecular weight is 293 g/mol. The SMILES string of the molecule is COCCOC1CCN(C(=O)/C=C/c2ccc(C)o2)CC1. The second-order valence-electron chi connectivity index (χ2n) is 5.17. The minimum Gasteiger partial charge on any atom is -0.462 e. The highest BCUT2D eigenvalue weighted by atomic mass is 16.5. The third kappa shape index (κ3) is 5.02. The molecule has 116 valence electrons. The zero-order valence-electron chi connectivity index (χ0n) is 12.7. The van der Waals surface area contributed by atoms with Crippen LogP contribution in [0.5, 0.6) is 0 Å². The van der Waals surface area contributed by atoms with Crippen LogP contribution in [-0.2, 0) is 14.3 Å². The average Bonchev–Trinajstić information content (AvgIpc) is 2.91. The standard InChI is InChI=1S/C16H23NO4/c1-13-3-4-15(21-13)5-6-16(18)17-9-7-14(8-10-17)20-12-11-19-2/h3-6,14H,7-12H2,1-2H3/b6-5+. The molecule has 1 aliphatic heterocycles. The van der Waals surface area contributed by atoms with Crippen molar-refractivity contribution in [2.24, 2.45) is 0 Å². The number of hydrogen-bond acceptors (Lipinski definition) is 4. The van der Waals surface area contributed by atoms with Crippen molar-refractivity contribution in [2.75, 3.05) is 33.4 Å². The Kier molecular flexibility index (Phi) is 6.02. The minimum atomic E-state index is 0.0272. The Bertz CT molecular complexity index is 472. The summed E-state index contributed by atoms with van der Waals surface area (Å²) in [5, 5.41) is 0. The maximum atomic E-state index is 12.1. The van der Waals surface area contributed by atoms with E-state index in [9.17, 15) is 4.79 Å². The maximum absolute atomic E-state index is 12.1. The minimum absolute atomic E-state index is 0.0272. The molecule has 5 nitrogen and oxygen atoms in total. The predicted molar refractivity (Wildman–Crippen MR) is 79.9 cm³/mol. The molecule has 1 aliphatic rings. The van der Waals surface area contributed by atoms with Crippen LogP contribution in [0.3, 0.4) is 0 Å². The molecule has 2 heterocycles. The van der Waals surface area contributed by atoms with Crippen LogP contribution in [0.25, 0.3) is 6.08 Å². The predicted octanol–water partition coefficient (Wildman–Crippen LogP) is 2.26. The molecular weight excluding hydrogens is 270 g/mol. The summed E-state index contributed by atoms with van der Waals surface area (Å²) in [5.41, 5.74) is 0. The summed E-state index contributed by atoms with van der Waals surface area (Å²) in [6.45, 7) is 4.58. The number of amides is 1. The van der Waals surface area contributed by atoms with Gasteiger partial charge in [-0.05, 0) is 38.0 Å². The Balaban J connectivity index is 1.74. The number of rotatable bonds is 6. The van der Waals surface area contributed by atoms with Crippen LogP contribution in [-0.4, -0.2) is 50.3 Å². The number of hydrogen-bond donors (Lipinski definition) is 0. The smallest absolute Gasteiger partial charge is 0.246 e. The second-order valence-corrected chi connectivity index (χ2v) is 5.17. The van der Waals surface area contributed by atoms with Crippen molar-refractivity contribution in [1.82, 2.24) is 4.90 Å². The lowest BCUT2D eigenvalue weighted by Gasteiger charge is -2.31. The summed E-state index contributed by atoms with van der Waals surface area (Å²) in [6, 6.07) is 3.74. The number of ether oxygens (including phenoxy) is 2. The summed E-state index contributed by atoms with van der Waals surface area (Å²) in [6.07, 6.45) is 5.29. The number of methoxy groups -OCH3 is 1. The zero-order chi connectivity index (χ0) is 15.1. The van der Waals surface area contributed by atoms with Crippen LogP contribution in [0.2, 0.25) is 0 Å². The van der Waals surface area contributed by atoms with E-state index in [1.54, 1.807) is 19.3 Å². The number of nitrogens with zero attached hydrogens (tertiary/aromatic N) is 1. The highest BCUT2D eigenvalue weighted by Crippen LogP contribution is 2.15. The van der Waals surface area contributed by atoms with Crippen molar-refractivity contribution in [3.05, 3.63) is 29.7 Å². The molecule has 0 unspecified atom stereocenters. The lowest BCUT2D eigenvalue weighted by molar-refractivity contribution is -0.128. The molecule has 0 aromatic carbocycles. The topological polar surface area (TPSA) is 51.9 Å². The van der Waals surface area contributed by atoms with Gasteiger partial charge in [0, 0.05) is 26.3 Å². The fourth-order valence-corrected chi connectivity index (χ4v) is 2.34. The van der Waals surface area contributed by atoms with E-state index < -0.39 is 0 Å². The van der Waals surface area contributed by atoms with Gasteiger partial charge in [0.15, 0.2) is 0 Å². The summed E-state index contributed by atoms with van der Waals surface area (Å²) >= 11 is 0. The van der Waals surface area contributed by atoms with Crippen LogP contribution < -0.4 is 0 Å². The highest BCUT2D eigenvalue weighted by Gasteiger charge is 2.21. The Morgan fingerprint density at radius 1 is 1.38 bits per heavy atom. The van der Waals surface area contributed by atoms with Gasteiger partial charge in [0.2, 0.25) is 5.91 Å². The summed E-state index contributed by atoms with van der Waals surface area (Å²) < 4.78 is 16.1. The molecule has 0 aliphatic carbocycles. The first kappa shape index (κ1) is 15.8. The van der Waals surface area contributed by atoms with E-state index in [1.807, 2.05) is 24.0 Å². The largest absolute Gasteiger partial charge is 0.462 e. The number of piperidine rings is 1. The molecule has 1 saturated heterocycles. The quantitative estimate of drug-likeness (QED) is 0.596. The molecule has 5 heteroatoms. The molecule has 21 heavy (non-hydrogen) atoms. The lowest BCUT2D eigenvalue weighted by Crippen LogP contribution is -2.40. The highest BCUT2D eigenvalue weighted by molar-refractivity contribution is 5.91. The number of carbonyl (C=O) groups excluding carboxylic acids is 1. The Morgan fingerprint density at radius 3 is 2.76 bits per heavy atom. The normalized spacial score (nSPS) is 16.8. The molecule has 0 atom stereocenters. The van der Waals surface area contributed by atoms with Gasteiger partial charge in [0.05, 0.1) is 19.3 Å². The molecule has 1 amide bonds. The van der Waals surface area contributed by atoms with E-state index in [-0.39, 0.29) is 12.0 Å². The van der Waals surface area contributed by atoms with E-state index in [2.05, 4.69) is 0 Å². The third-order valence-electron chi connectivity index (χ3n) is 3.55. The van der Waals surface area contributed by atoms with Gasteiger partial charge in [-0.1, -0.05) is 0 Å². The van der Waals surface area contributed by atoms with Crippen molar-refractivity contribution in [3.8, 4) is 0 Å².